The fourth-order valence-electron chi connectivity index (χ4n) is 2.48. The molecule has 1 unspecified atom stereocenters. The predicted molar refractivity (Wildman–Crippen MR) is 75.7 cm³/mol. The zero-order valence-electron chi connectivity index (χ0n) is 11.6. The Hall–Kier alpha value is -2.49. The van der Waals surface area contributed by atoms with Gasteiger partial charge >= 0.3 is 22.2 Å². The highest BCUT2D eigenvalue weighted by molar-refractivity contribution is 7.86. The molecule has 2 N–H and O–H groups in total. The van der Waals surface area contributed by atoms with Crippen LogP contribution in [0.2, 0.25) is 0 Å². The van der Waals surface area contributed by atoms with Gasteiger partial charge in [0.05, 0.1) is 22.6 Å². The third-order valence-corrected chi connectivity index (χ3v) is 4.28. The second-order valence-electron chi connectivity index (χ2n) is 5.12. The molecule has 8 nitrogen and oxygen atoms in total. The summed E-state index contributed by atoms with van der Waals surface area (Å²) >= 11 is 0. The smallest absolute Gasteiger partial charge is 0.337 e. The average molecular weight is 345 g/mol. The molecule has 1 saturated heterocycles. The van der Waals surface area contributed by atoms with E-state index in [1.165, 1.54) is 0 Å². The summed E-state index contributed by atoms with van der Waals surface area (Å²) in [4.78, 5) is 35.2. The highest BCUT2D eigenvalue weighted by atomic mass is 32.3. The Morgan fingerprint density at radius 3 is 2.43 bits per heavy atom. The molecule has 0 aromatic heterocycles. The van der Waals surface area contributed by atoms with E-state index in [2.05, 4.69) is 0 Å². The van der Waals surface area contributed by atoms with Gasteiger partial charge in [-0.2, -0.15) is 8.42 Å². The summed E-state index contributed by atoms with van der Waals surface area (Å²) in [6.45, 7) is -0.203. The quantitative estimate of drug-likeness (QED) is 0.753. The number of amides is 1. The van der Waals surface area contributed by atoms with Crippen LogP contribution in [0.4, 0.5) is 9.57 Å². The number of halogens is 1. The molecule has 0 bridgehead atoms. The maximum atomic E-state index is 12.7. The molecular formula is C13H12FNO7S. The molecule has 1 amide bonds. The van der Waals surface area contributed by atoms with Crippen molar-refractivity contribution in [2.24, 2.45) is 5.92 Å². The molecule has 1 aliphatic rings. The van der Waals surface area contributed by atoms with Crippen LogP contribution in [0, 0.1) is 5.92 Å². The minimum Gasteiger partial charge on any atom is -0.478 e. The van der Waals surface area contributed by atoms with Crippen molar-refractivity contribution in [3.8, 4) is 0 Å². The Labute approximate surface area is 130 Å². The Morgan fingerprint density at radius 1 is 1.26 bits per heavy atom. The molecule has 1 aromatic carbocycles. The number of benzene rings is 1. The average Bonchev–Trinajstić information content (AvgIpc) is 2.76. The molecule has 1 atom stereocenters. The van der Waals surface area contributed by atoms with Crippen molar-refractivity contribution < 1.29 is 36.9 Å². The molecule has 1 fully saturated rings. The molecule has 0 radical (unpaired) electrons. The summed E-state index contributed by atoms with van der Waals surface area (Å²) in [6, 6.07) is 3.16. The fourth-order valence-corrected chi connectivity index (χ4v) is 3.26. The van der Waals surface area contributed by atoms with Gasteiger partial charge < -0.3 is 15.1 Å². The van der Waals surface area contributed by atoms with E-state index in [0.717, 1.165) is 23.1 Å². The summed E-state index contributed by atoms with van der Waals surface area (Å²) in [6.07, 6.45) is -0.264. The summed E-state index contributed by atoms with van der Waals surface area (Å²) in [5, 5.41) is 18.1. The molecule has 0 aliphatic carbocycles. The van der Waals surface area contributed by atoms with Gasteiger partial charge in [-0.05, 0) is 18.2 Å². The topological polar surface area (TPSA) is 129 Å². The fraction of sp³-hybridized carbons (Fsp3) is 0.308. The van der Waals surface area contributed by atoms with Gasteiger partial charge in [0.15, 0.2) is 0 Å². The van der Waals surface area contributed by atoms with Gasteiger partial charge in [0.25, 0.3) is 0 Å². The highest BCUT2D eigenvalue weighted by Gasteiger charge is 2.35. The summed E-state index contributed by atoms with van der Waals surface area (Å²) in [7, 11) is -4.77. The molecule has 1 heterocycles. The van der Waals surface area contributed by atoms with Gasteiger partial charge in [-0.1, -0.05) is 0 Å². The van der Waals surface area contributed by atoms with E-state index in [1.54, 1.807) is 0 Å². The van der Waals surface area contributed by atoms with Crippen LogP contribution in [0.15, 0.2) is 18.2 Å². The minimum atomic E-state index is -4.77. The number of carbonyl (C=O) groups is 3. The molecular weight excluding hydrogens is 333 g/mol. The lowest BCUT2D eigenvalue weighted by molar-refractivity contribution is -0.117. The van der Waals surface area contributed by atoms with E-state index in [0.29, 0.717) is 0 Å². The lowest BCUT2D eigenvalue weighted by Crippen LogP contribution is -2.27. The van der Waals surface area contributed by atoms with Gasteiger partial charge in [0.1, 0.15) is 0 Å². The van der Waals surface area contributed by atoms with Crippen molar-refractivity contribution in [1.29, 1.82) is 0 Å². The van der Waals surface area contributed by atoms with E-state index < -0.39 is 39.7 Å². The number of aromatic carboxylic acids is 2. The third-order valence-electron chi connectivity index (χ3n) is 3.41. The molecule has 23 heavy (non-hydrogen) atoms. The van der Waals surface area contributed by atoms with Crippen molar-refractivity contribution in [3.05, 3.63) is 29.3 Å². The minimum absolute atomic E-state index is 0.152. The van der Waals surface area contributed by atoms with Crippen LogP contribution < -0.4 is 4.90 Å². The van der Waals surface area contributed by atoms with Crippen molar-refractivity contribution in [2.45, 2.75) is 6.42 Å². The molecule has 124 valence electrons. The summed E-state index contributed by atoms with van der Waals surface area (Å²) < 4.78 is 34.1. The number of carboxylic acid groups (broad SMARTS) is 2. The van der Waals surface area contributed by atoms with Crippen LogP contribution in [-0.2, 0) is 15.0 Å². The Balaban J connectivity index is 2.40. The number of hydrogen-bond acceptors (Lipinski definition) is 5. The zero-order chi connectivity index (χ0) is 17.4. The van der Waals surface area contributed by atoms with E-state index >= 15 is 0 Å². The monoisotopic (exact) mass is 345 g/mol. The SMILES string of the molecule is O=C(O)c1ccc(C(=O)O)c(N2CC(CS(=O)(=O)F)CC2=O)c1. The number of carboxylic acids is 2. The van der Waals surface area contributed by atoms with Crippen LogP contribution in [-0.4, -0.2) is 48.8 Å². The summed E-state index contributed by atoms with van der Waals surface area (Å²) in [5.41, 5.74) is -0.673. The molecule has 0 saturated carbocycles. The van der Waals surface area contributed by atoms with Crippen molar-refractivity contribution in [2.75, 3.05) is 17.2 Å². The molecule has 1 aromatic rings. The first-order chi connectivity index (χ1) is 10.6. The second kappa shape index (κ2) is 5.95. The van der Waals surface area contributed by atoms with E-state index in [9.17, 15) is 26.7 Å². The van der Waals surface area contributed by atoms with Crippen LogP contribution in [0.3, 0.4) is 0 Å². The normalized spacial score (nSPS) is 18.2. The second-order valence-corrected chi connectivity index (χ2v) is 6.53. The van der Waals surface area contributed by atoms with Crippen LogP contribution in [0.5, 0.6) is 0 Å². The largest absolute Gasteiger partial charge is 0.478 e. The molecule has 1 aliphatic heterocycles. The van der Waals surface area contributed by atoms with Crippen molar-refractivity contribution in [1.82, 2.24) is 0 Å². The number of anilines is 1. The van der Waals surface area contributed by atoms with Gasteiger partial charge in [-0.15, -0.1) is 3.89 Å². The van der Waals surface area contributed by atoms with E-state index in [-0.39, 0.29) is 29.8 Å². The predicted octanol–water partition coefficient (Wildman–Crippen LogP) is 0.735. The first kappa shape index (κ1) is 16.9. The first-order valence-electron chi connectivity index (χ1n) is 6.42. The molecule has 0 spiro atoms. The van der Waals surface area contributed by atoms with Crippen molar-refractivity contribution >= 4 is 33.8 Å². The van der Waals surface area contributed by atoms with Crippen LogP contribution in [0.25, 0.3) is 0 Å². The number of rotatable bonds is 5. The number of carbonyl (C=O) groups excluding carboxylic acids is 1. The summed E-state index contributed by atoms with van der Waals surface area (Å²) in [5.74, 6) is -4.95. The lowest BCUT2D eigenvalue weighted by Gasteiger charge is -2.19. The van der Waals surface area contributed by atoms with E-state index in [4.69, 9.17) is 10.2 Å². The van der Waals surface area contributed by atoms with Crippen LogP contribution in [0.1, 0.15) is 27.1 Å². The Bertz CT molecular complexity index is 790. The Morgan fingerprint density at radius 2 is 1.91 bits per heavy atom. The number of hydrogen-bond donors (Lipinski definition) is 2. The maximum absolute atomic E-state index is 12.7. The Kier molecular flexibility index (Phi) is 4.37. The van der Waals surface area contributed by atoms with Crippen molar-refractivity contribution in [3.63, 3.8) is 0 Å². The van der Waals surface area contributed by atoms with Gasteiger partial charge in [0, 0.05) is 18.9 Å². The molecule has 2 rings (SSSR count). The third kappa shape index (κ3) is 3.83. The van der Waals surface area contributed by atoms with E-state index in [1.807, 2.05) is 0 Å². The van der Waals surface area contributed by atoms with Crippen LogP contribution >= 0.6 is 0 Å². The maximum Gasteiger partial charge on any atom is 0.337 e. The van der Waals surface area contributed by atoms with Gasteiger partial charge in [0.2, 0.25) is 5.91 Å². The lowest BCUT2D eigenvalue weighted by atomic mass is 10.1. The molecule has 10 heteroatoms. The van der Waals surface area contributed by atoms with Gasteiger partial charge in [-0.3, -0.25) is 4.79 Å². The standard InChI is InChI=1S/C13H12FNO7S/c14-23(21,22)6-7-3-11(16)15(5-7)10-4-8(12(17)18)1-2-9(10)13(19)20/h1-2,4,7H,3,5-6H2,(H,17,18)(H,19,20). The highest BCUT2D eigenvalue weighted by Crippen LogP contribution is 2.30. The first-order valence-corrected chi connectivity index (χ1v) is 7.97. The zero-order valence-corrected chi connectivity index (χ0v) is 12.4. The van der Waals surface area contributed by atoms with Gasteiger partial charge in [-0.25, -0.2) is 9.59 Å². The number of nitrogens with zero attached hydrogens (tertiary/aromatic N) is 1.